The molecule has 0 bridgehead atoms. The Bertz CT molecular complexity index is 1880. The molecular weight excluding hydrogens is 773 g/mol. The van der Waals surface area contributed by atoms with Crippen molar-refractivity contribution in [1.82, 2.24) is 21.3 Å². The van der Waals surface area contributed by atoms with Gasteiger partial charge in [0, 0.05) is 41.6 Å². The molecule has 0 aromatic heterocycles. The maximum Gasteiger partial charge on any atom is 0.327 e. The molecule has 314 valence electrons. The van der Waals surface area contributed by atoms with Crippen LogP contribution in [-0.4, -0.2) is 113 Å². The van der Waals surface area contributed by atoms with E-state index in [4.69, 9.17) is 5.73 Å². The molecule has 0 radical (unpaired) electrons. The monoisotopic (exact) mass is 824 g/mol. The number of rotatable bonds is 16. The quantitative estimate of drug-likeness (QED) is 0.109. The number of hydrogen-bond acceptors (Lipinski definition) is 11. The minimum absolute atomic E-state index is 0.0661. The van der Waals surface area contributed by atoms with Gasteiger partial charge in [-0.25, -0.2) is 9.59 Å². The molecular formula is C39H52N8O10S. The van der Waals surface area contributed by atoms with E-state index in [2.05, 4.69) is 44.1 Å². The van der Waals surface area contributed by atoms with Crippen molar-refractivity contribution >= 4 is 77.1 Å². The summed E-state index contributed by atoms with van der Waals surface area (Å²) in [5.41, 5.74) is 6.87. The summed E-state index contributed by atoms with van der Waals surface area (Å²) in [6, 6.07) is 7.08. The zero-order chi connectivity index (χ0) is 42.7. The van der Waals surface area contributed by atoms with Crippen LogP contribution in [0.5, 0.6) is 0 Å². The van der Waals surface area contributed by atoms with Crippen LogP contribution in [-0.2, 0) is 28.8 Å². The van der Waals surface area contributed by atoms with Crippen LogP contribution < -0.4 is 42.1 Å². The van der Waals surface area contributed by atoms with E-state index < -0.39 is 84.1 Å². The van der Waals surface area contributed by atoms with Gasteiger partial charge in [-0.1, -0.05) is 58.2 Å². The summed E-state index contributed by atoms with van der Waals surface area (Å²) in [7, 11) is 0. The number of thiol groups is 1. The van der Waals surface area contributed by atoms with Crippen LogP contribution in [0.2, 0.25) is 0 Å². The molecule has 1 heterocycles. The van der Waals surface area contributed by atoms with Crippen molar-refractivity contribution in [1.29, 1.82) is 0 Å². The largest absolute Gasteiger partial charge is 0.481 e. The van der Waals surface area contributed by atoms with E-state index >= 15 is 0 Å². The van der Waals surface area contributed by atoms with E-state index in [0.29, 0.717) is 5.69 Å². The van der Waals surface area contributed by atoms with E-state index in [9.17, 15) is 48.6 Å². The highest BCUT2D eigenvalue weighted by molar-refractivity contribution is 7.80. The highest BCUT2D eigenvalue weighted by atomic mass is 32.1. The molecule has 1 aliphatic heterocycles. The van der Waals surface area contributed by atoms with Crippen LogP contribution >= 0.6 is 12.6 Å². The molecule has 2 aromatic rings. The number of hydrogen-bond donors (Lipinski definition) is 9. The number of nitrogens with two attached hydrogens (primary N) is 1. The Morgan fingerprint density at radius 1 is 0.897 bits per heavy atom. The minimum Gasteiger partial charge on any atom is -0.481 e. The van der Waals surface area contributed by atoms with Crippen LogP contribution in [0, 0.1) is 5.41 Å². The zero-order valence-corrected chi connectivity index (χ0v) is 33.6. The molecule has 2 aromatic carbocycles. The van der Waals surface area contributed by atoms with Crippen LogP contribution in [0.4, 0.5) is 21.9 Å². The number of benzene rings is 2. The number of nitrogens with one attached hydrogen (secondary N) is 5. The fourth-order valence-electron chi connectivity index (χ4n) is 6.59. The van der Waals surface area contributed by atoms with Crippen molar-refractivity contribution in [3.8, 4) is 0 Å². The number of aliphatic carboxylic acids is 2. The van der Waals surface area contributed by atoms with Gasteiger partial charge < -0.3 is 52.3 Å². The van der Waals surface area contributed by atoms with E-state index in [1.165, 1.54) is 29.2 Å². The van der Waals surface area contributed by atoms with Crippen molar-refractivity contribution in [2.75, 3.05) is 40.5 Å². The number of carbonyl (C=O) groups is 8. The fraction of sp³-hybridized carbons (Fsp3) is 0.487. The molecule has 18 nitrogen and oxygen atoms in total. The van der Waals surface area contributed by atoms with Gasteiger partial charge >= 0.3 is 18.0 Å². The minimum atomic E-state index is -1.67. The number of ketones is 1. The SMILES string of the molecule is CC(C)(C)C(=O)CN1C(=O)[C@H](NC(=O)Nc2cccc(C(=O)NC[C@H](N)C(=O)N[C@@H](CC(=O)O)C(=O)N[C@H](CS)C(=O)O)c2)CN(C2CCCCC2)c2ccccc21. The van der Waals surface area contributed by atoms with Gasteiger partial charge in [-0.05, 0) is 43.2 Å². The van der Waals surface area contributed by atoms with Crippen molar-refractivity contribution in [3.63, 3.8) is 0 Å². The summed E-state index contributed by atoms with van der Waals surface area (Å²) in [6.45, 7) is 4.91. The number of nitrogens with zero attached hydrogens (tertiary/aromatic N) is 2. The smallest absolute Gasteiger partial charge is 0.327 e. The van der Waals surface area contributed by atoms with Crippen LogP contribution in [0.25, 0.3) is 0 Å². The maximum atomic E-state index is 14.3. The van der Waals surface area contributed by atoms with Crippen LogP contribution in [0.1, 0.15) is 69.7 Å². The summed E-state index contributed by atoms with van der Waals surface area (Å²) >= 11 is 3.84. The van der Waals surface area contributed by atoms with Crippen LogP contribution in [0.15, 0.2) is 48.5 Å². The Hall–Kier alpha value is -5.69. The molecule has 4 rings (SSSR count). The van der Waals surface area contributed by atoms with Crippen molar-refractivity contribution < 1.29 is 48.6 Å². The van der Waals surface area contributed by atoms with Gasteiger partial charge in [-0.3, -0.25) is 28.8 Å². The van der Waals surface area contributed by atoms with E-state index in [0.717, 1.165) is 37.8 Å². The second-order valence-electron chi connectivity index (χ2n) is 15.3. The molecule has 1 aliphatic carbocycles. The predicted octanol–water partition coefficient (Wildman–Crippen LogP) is 1.49. The summed E-state index contributed by atoms with van der Waals surface area (Å²) in [4.78, 5) is 106. The van der Waals surface area contributed by atoms with E-state index in [1.54, 1.807) is 20.8 Å². The number of Topliss-reactive ketones (excluding diaryl/α,β-unsaturated/α-hetero) is 1. The molecule has 9 N–H and O–H groups in total. The Kier molecular flexibility index (Phi) is 15.6. The lowest BCUT2D eigenvalue weighted by Crippen LogP contribution is -2.57. The van der Waals surface area contributed by atoms with E-state index in [-0.39, 0.29) is 41.9 Å². The maximum absolute atomic E-state index is 14.3. The molecule has 0 saturated heterocycles. The Labute approximate surface area is 341 Å². The first kappa shape index (κ1) is 45.0. The first-order valence-corrected chi connectivity index (χ1v) is 19.6. The lowest BCUT2D eigenvalue weighted by atomic mass is 9.90. The molecule has 58 heavy (non-hydrogen) atoms. The molecule has 2 aliphatic rings. The van der Waals surface area contributed by atoms with Crippen molar-refractivity contribution in [3.05, 3.63) is 54.1 Å². The second-order valence-corrected chi connectivity index (χ2v) is 15.7. The predicted molar refractivity (Wildman–Crippen MR) is 218 cm³/mol. The lowest BCUT2D eigenvalue weighted by molar-refractivity contribution is -0.143. The summed E-state index contributed by atoms with van der Waals surface area (Å²) in [6.07, 6.45) is 4.14. The lowest BCUT2D eigenvalue weighted by Gasteiger charge is -2.37. The van der Waals surface area contributed by atoms with Gasteiger partial charge in [0.05, 0.1) is 24.3 Å². The number of amides is 6. The third-order valence-corrected chi connectivity index (χ3v) is 10.3. The highest BCUT2D eigenvalue weighted by Gasteiger charge is 2.39. The summed E-state index contributed by atoms with van der Waals surface area (Å²) in [5, 5.41) is 30.6. The number of para-hydroxylation sites is 2. The van der Waals surface area contributed by atoms with Gasteiger partial charge in [0.1, 0.15) is 24.2 Å². The third kappa shape index (κ3) is 12.2. The van der Waals surface area contributed by atoms with E-state index in [1.807, 2.05) is 24.3 Å². The average molecular weight is 825 g/mol. The summed E-state index contributed by atoms with van der Waals surface area (Å²) < 4.78 is 0. The molecule has 0 unspecified atom stereocenters. The van der Waals surface area contributed by atoms with Gasteiger partial charge in [-0.15, -0.1) is 0 Å². The van der Waals surface area contributed by atoms with Crippen molar-refractivity contribution in [2.45, 2.75) is 89.5 Å². The average Bonchev–Trinajstić information content (AvgIpc) is 3.28. The van der Waals surface area contributed by atoms with Gasteiger partial charge in [0.15, 0.2) is 5.78 Å². The number of carbonyl (C=O) groups excluding carboxylic acids is 6. The summed E-state index contributed by atoms with van der Waals surface area (Å²) in [5.74, 6) is -6.51. The number of anilines is 3. The molecule has 19 heteroatoms. The molecule has 1 saturated carbocycles. The van der Waals surface area contributed by atoms with Gasteiger partial charge in [0.25, 0.3) is 11.8 Å². The number of urea groups is 1. The first-order valence-electron chi connectivity index (χ1n) is 19.0. The third-order valence-electron chi connectivity index (χ3n) is 9.90. The number of fused-ring (bicyclic) bond motifs is 1. The molecule has 4 atom stereocenters. The van der Waals surface area contributed by atoms with Gasteiger partial charge in [-0.2, -0.15) is 12.6 Å². The normalized spacial score (nSPS) is 17.4. The molecule has 6 amide bonds. The second kappa shape index (κ2) is 20.1. The first-order chi connectivity index (χ1) is 27.4. The van der Waals surface area contributed by atoms with Crippen molar-refractivity contribution in [2.24, 2.45) is 11.1 Å². The topological polar surface area (TPSA) is 270 Å². The standard InChI is InChI=1S/C39H52N8O10S/c1-39(2,3)31(48)20-47-30-15-8-7-14-29(30)46(24-12-5-4-6-13-24)19-27(36(47)54)45-38(57)42-23-11-9-10-22(16-23)33(51)41-18-25(40)34(52)43-26(17-32(49)50)35(53)44-28(21-58)37(55)56/h7-11,14-16,24-28,58H,4-6,12-13,17-21,40H2,1-3H3,(H,41,51)(H,43,52)(H,44,53)(H,49,50)(H,55,56)(H2,42,45,57)/t25-,26-,27+,28+/m0/s1. The Balaban J connectivity index is 1.43. The highest BCUT2D eigenvalue weighted by Crippen LogP contribution is 2.37. The van der Waals surface area contributed by atoms with Gasteiger partial charge in [0.2, 0.25) is 11.8 Å². The number of carboxylic acids is 2. The number of carboxylic acid groups (broad SMARTS) is 2. The molecule has 0 spiro atoms. The molecule has 1 fully saturated rings. The fourth-order valence-corrected chi connectivity index (χ4v) is 6.83. The zero-order valence-electron chi connectivity index (χ0n) is 32.7. The Morgan fingerprint density at radius 3 is 2.17 bits per heavy atom. The van der Waals surface area contributed by atoms with Crippen LogP contribution in [0.3, 0.4) is 0 Å². The Morgan fingerprint density at radius 2 is 1.55 bits per heavy atom.